The van der Waals surface area contributed by atoms with Crippen molar-refractivity contribution in [3.63, 3.8) is 0 Å². The summed E-state index contributed by atoms with van der Waals surface area (Å²) in [6.07, 6.45) is 0. The standard InChI is InChI=1S/C5H9N2O2S2/c8-11(9)3-1-7(2-4-11)6-5-10/h1-4H2,(H,6,10). The zero-order chi connectivity index (χ0) is 8.32. The molecule has 4 nitrogen and oxygen atoms in total. The van der Waals surface area contributed by atoms with Crippen molar-refractivity contribution < 1.29 is 8.42 Å². The highest BCUT2D eigenvalue weighted by Crippen LogP contribution is 1.99. The molecule has 0 amide bonds. The average Bonchev–Trinajstić information content (AvgIpc) is 1.94. The fourth-order valence-corrected chi connectivity index (χ4v) is 2.22. The second-order valence-electron chi connectivity index (χ2n) is 2.35. The van der Waals surface area contributed by atoms with Crippen LogP contribution >= 0.6 is 12.2 Å². The quantitative estimate of drug-likeness (QED) is 0.453. The van der Waals surface area contributed by atoms with Crippen molar-refractivity contribution in [1.29, 1.82) is 0 Å². The number of hydrazine groups is 1. The minimum absolute atomic E-state index is 0.205. The zero-order valence-corrected chi connectivity index (χ0v) is 7.54. The van der Waals surface area contributed by atoms with Crippen molar-refractivity contribution in [3.8, 4) is 0 Å². The van der Waals surface area contributed by atoms with Gasteiger partial charge >= 0.3 is 0 Å². The first kappa shape index (κ1) is 8.89. The third-order valence-corrected chi connectivity index (χ3v) is 3.25. The highest BCUT2D eigenvalue weighted by atomic mass is 32.2. The van der Waals surface area contributed by atoms with Gasteiger partial charge in [-0.25, -0.2) is 13.4 Å². The van der Waals surface area contributed by atoms with E-state index in [4.69, 9.17) is 0 Å². The average molecular weight is 193 g/mol. The molecule has 0 saturated carbocycles. The normalized spacial score (nSPS) is 24.4. The lowest BCUT2D eigenvalue weighted by Crippen LogP contribution is -2.47. The third kappa shape index (κ3) is 2.72. The van der Waals surface area contributed by atoms with Gasteiger partial charge in [-0.05, 0) is 0 Å². The Kier molecular flexibility index (Phi) is 2.80. The molecule has 0 aromatic carbocycles. The van der Waals surface area contributed by atoms with Crippen LogP contribution in [0, 0.1) is 0 Å². The molecule has 0 spiro atoms. The highest BCUT2D eigenvalue weighted by molar-refractivity contribution is 7.91. The van der Waals surface area contributed by atoms with E-state index in [0.29, 0.717) is 13.1 Å². The number of nitrogens with one attached hydrogen (secondary N) is 1. The Morgan fingerprint density at radius 1 is 1.36 bits per heavy atom. The minimum Gasteiger partial charge on any atom is -0.307 e. The molecule has 1 aliphatic rings. The SMILES string of the molecule is O=S1(=O)CCN(N[C]=S)CC1. The molecule has 63 valence electrons. The van der Waals surface area contributed by atoms with Crippen molar-refractivity contribution in [2.45, 2.75) is 0 Å². The Hall–Kier alpha value is -0.200. The summed E-state index contributed by atoms with van der Waals surface area (Å²) < 4.78 is 21.8. The van der Waals surface area contributed by atoms with Gasteiger partial charge in [-0.3, -0.25) is 0 Å². The Morgan fingerprint density at radius 3 is 2.36 bits per heavy atom. The molecule has 1 aliphatic heterocycles. The topological polar surface area (TPSA) is 49.4 Å². The zero-order valence-electron chi connectivity index (χ0n) is 5.91. The van der Waals surface area contributed by atoms with Gasteiger partial charge in [0, 0.05) is 13.1 Å². The first-order valence-corrected chi connectivity index (χ1v) is 5.45. The van der Waals surface area contributed by atoms with Crippen LogP contribution in [0.1, 0.15) is 0 Å². The molecule has 0 atom stereocenters. The molecule has 1 heterocycles. The van der Waals surface area contributed by atoms with Gasteiger partial charge in [0.1, 0.15) is 5.49 Å². The highest BCUT2D eigenvalue weighted by Gasteiger charge is 2.20. The summed E-state index contributed by atoms with van der Waals surface area (Å²) in [5.41, 5.74) is 4.99. The monoisotopic (exact) mass is 193 g/mol. The summed E-state index contributed by atoms with van der Waals surface area (Å²) in [7, 11) is -2.78. The molecule has 0 aromatic heterocycles. The first-order chi connectivity index (χ1) is 5.14. The van der Waals surface area contributed by atoms with E-state index in [1.54, 1.807) is 5.01 Å². The summed E-state index contributed by atoms with van der Waals surface area (Å²) in [4.78, 5) is 0. The van der Waals surface area contributed by atoms with Gasteiger partial charge in [-0.2, -0.15) is 0 Å². The van der Waals surface area contributed by atoms with E-state index in [9.17, 15) is 8.42 Å². The number of sulfone groups is 1. The largest absolute Gasteiger partial charge is 0.307 e. The van der Waals surface area contributed by atoms with E-state index < -0.39 is 9.84 Å². The molecule has 0 unspecified atom stereocenters. The van der Waals surface area contributed by atoms with Gasteiger partial charge in [-0.1, -0.05) is 12.2 Å². The molecular weight excluding hydrogens is 184 g/mol. The maximum Gasteiger partial charge on any atom is 0.152 e. The Morgan fingerprint density at radius 2 is 1.91 bits per heavy atom. The molecule has 1 saturated heterocycles. The second kappa shape index (κ2) is 3.46. The van der Waals surface area contributed by atoms with Gasteiger partial charge in [0.25, 0.3) is 0 Å². The van der Waals surface area contributed by atoms with Crippen LogP contribution < -0.4 is 5.43 Å². The molecule has 1 N–H and O–H groups in total. The van der Waals surface area contributed by atoms with E-state index >= 15 is 0 Å². The summed E-state index contributed by atoms with van der Waals surface area (Å²) in [5.74, 6) is 0.411. The summed E-state index contributed by atoms with van der Waals surface area (Å²) in [6.45, 7) is 0.984. The van der Waals surface area contributed by atoms with Crippen molar-refractivity contribution in [1.82, 2.24) is 10.4 Å². The first-order valence-electron chi connectivity index (χ1n) is 3.22. The number of hydrogen-bond donors (Lipinski definition) is 1. The Bertz CT molecular complexity index is 223. The fourth-order valence-electron chi connectivity index (χ4n) is 0.889. The van der Waals surface area contributed by atoms with Crippen LogP contribution in [0.25, 0.3) is 0 Å². The number of nitrogens with zero attached hydrogens (tertiary/aromatic N) is 1. The maximum atomic E-state index is 10.9. The third-order valence-electron chi connectivity index (χ3n) is 1.55. The summed E-state index contributed by atoms with van der Waals surface area (Å²) >= 11 is 4.44. The maximum absolute atomic E-state index is 10.9. The molecule has 1 fully saturated rings. The van der Waals surface area contributed by atoms with Gasteiger partial charge in [0.05, 0.1) is 11.5 Å². The molecule has 6 heteroatoms. The minimum atomic E-state index is -2.78. The van der Waals surface area contributed by atoms with Crippen LogP contribution in [-0.4, -0.2) is 43.5 Å². The molecule has 11 heavy (non-hydrogen) atoms. The van der Waals surface area contributed by atoms with E-state index in [0.717, 1.165) is 0 Å². The van der Waals surface area contributed by atoms with Crippen molar-refractivity contribution in [2.75, 3.05) is 24.6 Å². The van der Waals surface area contributed by atoms with E-state index in [1.807, 2.05) is 0 Å². The lowest BCUT2D eigenvalue weighted by molar-refractivity contribution is 0.261. The molecule has 0 bridgehead atoms. The van der Waals surface area contributed by atoms with Crippen LogP contribution in [0.2, 0.25) is 0 Å². The molecule has 1 rings (SSSR count). The predicted octanol–water partition coefficient (Wildman–Crippen LogP) is -0.944. The van der Waals surface area contributed by atoms with Crippen LogP contribution in [0.3, 0.4) is 0 Å². The molecule has 0 aromatic rings. The molecule has 1 radical (unpaired) electrons. The molecule has 0 aliphatic carbocycles. The van der Waals surface area contributed by atoms with Gasteiger partial charge in [0.15, 0.2) is 9.84 Å². The number of rotatable bonds is 2. The number of thiocarbonyl (C=S) groups is 1. The summed E-state index contributed by atoms with van der Waals surface area (Å²) in [5, 5.41) is 1.74. The predicted molar refractivity (Wildman–Crippen MR) is 46.0 cm³/mol. The lowest BCUT2D eigenvalue weighted by Gasteiger charge is -2.24. The fraction of sp³-hybridized carbons (Fsp3) is 0.800. The van der Waals surface area contributed by atoms with Crippen LogP contribution in [0.5, 0.6) is 0 Å². The second-order valence-corrected chi connectivity index (χ2v) is 4.86. The Labute approximate surface area is 71.5 Å². The number of hydrogen-bond acceptors (Lipinski definition) is 4. The molecular formula is C5H9N2O2S2. The van der Waals surface area contributed by atoms with Crippen LogP contribution in [0.15, 0.2) is 0 Å². The van der Waals surface area contributed by atoms with Gasteiger partial charge in [-0.15, -0.1) is 0 Å². The lowest BCUT2D eigenvalue weighted by atomic mass is 10.6. The van der Waals surface area contributed by atoms with Crippen molar-refractivity contribution >= 4 is 27.5 Å². The Balaban J connectivity index is 2.42. The van der Waals surface area contributed by atoms with Crippen molar-refractivity contribution in [2.24, 2.45) is 0 Å². The van der Waals surface area contributed by atoms with E-state index in [-0.39, 0.29) is 11.5 Å². The smallest absolute Gasteiger partial charge is 0.152 e. The van der Waals surface area contributed by atoms with Crippen LogP contribution in [-0.2, 0) is 9.84 Å². The van der Waals surface area contributed by atoms with Gasteiger partial charge in [0.2, 0.25) is 0 Å². The van der Waals surface area contributed by atoms with E-state index in [1.165, 1.54) is 0 Å². The van der Waals surface area contributed by atoms with E-state index in [2.05, 4.69) is 23.1 Å². The summed E-state index contributed by atoms with van der Waals surface area (Å²) in [6, 6.07) is 0. The van der Waals surface area contributed by atoms with Crippen LogP contribution in [0.4, 0.5) is 0 Å². The van der Waals surface area contributed by atoms with Gasteiger partial charge < -0.3 is 5.43 Å². The van der Waals surface area contributed by atoms with Crippen molar-refractivity contribution in [3.05, 3.63) is 0 Å².